The lowest BCUT2D eigenvalue weighted by Crippen LogP contribution is -2.09. The average molecular weight is 437 g/mol. The summed E-state index contributed by atoms with van der Waals surface area (Å²) in [6.07, 6.45) is 0. The van der Waals surface area contributed by atoms with Crippen LogP contribution >= 0.6 is 0 Å². The monoisotopic (exact) mass is 436 g/mol. The third-order valence-electron chi connectivity index (χ3n) is 5.04. The molecule has 0 fully saturated rings. The lowest BCUT2D eigenvalue weighted by molar-refractivity contribution is 0.0734. The minimum atomic E-state index is -0.412. The van der Waals surface area contributed by atoms with Crippen molar-refractivity contribution in [2.24, 2.45) is 0 Å². The number of esters is 1. The molecule has 33 heavy (non-hydrogen) atoms. The Morgan fingerprint density at radius 2 is 1.36 bits per heavy atom. The van der Waals surface area contributed by atoms with Crippen molar-refractivity contribution in [2.75, 3.05) is 6.79 Å². The molecular formula is C29H24O4. The van der Waals surface area contributed by atoms with Crippen LogP contribution in [0.3, 0.4) is 0 Å². The van der Waals surface area contributed by atoms with Crippen LogP contribution in [-0.2, 0) is 0 Å². The van der Waals surface area contributed by atoms with Crippen molar-refractivity contribution in [2.45, 2.75) is 6.92 Å². The van der Waals surface area contributed by atoms with Crippen LogP contribution in [0, 0.1) is 0 Å². The van der Waals surface area contributed by atoms with Crippen LogP contribution in [0.15, 0.2) is 110 Å². The molecule has 0 heterocycles. The van der Waals surface area contributed by atoms with Gasteiger partial charge in [-0.25, -0.2) is 4.79 Å². The van der Waals surface area contributed by atoms with Crippen LogP contribution in [-0.4, -0.2) is 12.8 Å². The summed E-state index contributed by atoms with van der Waals surface area (Å²) in [4.78, 5) is 12.5. The maximum absolute atomic E-state index is 12.5. The minimum absolute atomic E-state index is 0.0371. The molecule has 4 rings (SSSR count). The van der Waals surface area contributed by atoms with Crippen LogP contribution < -0.4 is 14.2 Å². The van der Waals surface area contributed by atoms with E-state index in [0.717, 1.165) is 22.3 Å². The molecule has 0 bridgehead atoms. The van der Waals surface area contributed by atoms with Gasteiger partial charge in [-0.3, -0.25) is 0 Å². The number of allylic oxidation sites excluding steroid dienone is 1. The van der Waals surface area contributed by atoms with Crippen LogP contribution in [0.2, 0.25) is 0 Å². The number of hydrogen-bond donors (Lipinski definition) is 0. The second-order valence-corrected chi connectivity index (χ2v) is 7.49. The summed E-state index contributed by atoms with van der Waals surface area (Å²) in [5.74, 6) is 1.35. The number of ether oxygens (including phenoxy) is 3. The third-order valence-corrected chi connectivity index (χ3v) is 5.04. The van der Waals surface area contributed by atoms with Gasteiger partial charge in [0.2, 0.25) is 6.79 Å². The molecule has 0 saturated carbocycles. The Morgan fingerprint density at radius 1 is 0.727 bits per heavy atom. The Bertz CT molecular complexity index is 1230. The van der Waals surface area contributed by atoms with Gasteiger partial charge in [0.05, 0.1) is 5.56 Å². The molecule has 0 aliphatic carbocycles. The van der Waals surface area contributed by atoms with Crippen LogP contribution in [0.5, 0.6) is 17.2 Å². The molecule has 0 aliphatic rings. The fourth-order valence-corrected chi connectivity index (χ4v) is 3.28. The average Bonchev–Trinajstić information content (AvgIpc) is 2.86. The number of benzene rings is 4. The third kappa shape index (κ3) is 5.69. The smallest absolute Gasteiger partial charge is 0.343 e. The second kappa shape index (κ2) is 10.3. The van der Waals surface area contributed by atoms with Gasteiger partial charge in [-0.15, -0.1) is 0 Å². The SMILES string of the molecule is C=C(C)c1ccc(OCOc2ccc(OC(=O)c3ccccc3)cc2-c2ccccc2)cc1. The quantitative estimate of drug-likeness (QED) is 0.169. The van der Waals surface area contributed by atoms with E-state index < -0.39 is 5.97 Å². The van der Waals surface area contributed by atoms with E-state index in [1.807, 2.05) is 67.6 Å². The van der Waals surface area contributed by atoms with Gasteiger partial charge in [0.1, 0.15) is 17.2 Å². The predicted molar refractivity (Wildman–Crippen MR) is 131 cm³/mol. The molecule has 0 spiro atoms. The van der Waals surface area contributed by atoms with Gasteiger partial charge >= 0.3 is 5.97 Å². The first-order valence-electron chi connectivity index (χ1n) is 10.6. The van der Waals surface area contributed by atoms with Gasteiger partial charge in [0.15, 0.2) is 0 Å². The molecule has 0 N–H and O–H groups in total. The molecule has 4 aromatic carbocycles. The summed E-state index contributed by atoms with van der Waals surface area (Å²) < 4.78 is 17.3. The predicted octanol–water partition coefficient (Wildman–Crippen LogP) is 7.02. The van der Waals surface area contributed by atoms with Crippen molar-refractivity contribution >= 4 is 11.5 Å². The first-order valence-corrected chi connectivity index (χ1v) is 10.6. The molecule has 0 aliphatic heterocycles. The molecule has 0 amide bonds. The maximum Gasteiger partial charge on any atom is 0.343 e. The Morgan fingerprint density at radius 3 is 2.03 bits per heavy atom. The van der Waals surface area contributed by atoms with Gasteiger partial charge in [-0.05, 0) is 60.5 Å². The molecule has 4 nitrogen and oxygen atoms in total. The van der Waals surface area contributed by atoms with Gasteiger partial charge in [0.25, 0.3) is 0 Å². The highest BCUT2D eigenvalue weighted by molar-refractivity contribution is 5.91. The van der Waals surface area contributed by atoms with E-state index in [0.29, 0.717) is 22.8 Å². The number of carbonyl (C=O) groups excluding carboxylic acids is 1. The molecule has 164 valence electrons. The van der Waals surface area contributed by atoms with E-state index in [1.165, 1.54) is 0 Å². The van der Waals surface area contributed by atoms with E-state index in [4.69, 9.17) is 14.2 Å². The minimum Gasteiger partial charge on any atom is -0.458 e. The van der Waals surface area contributed by atoms with Gasteiger partial charge in [0, 0.05) is 5.56 Å². The number of carbonyl (C=O) groups is 1. The first kappa shape index (κ1) is 21.9. The standard InChI is InChI=1S/C29H24O4/c1-21(2)22-13-15-25(16-14-22)31-20-32-28-18-17-26(19-27(28)23-9-5-3-6-10-23)33-29(30)24-11-7-4-8-12-24/h3-19H,1,20H2,2H3. The molecule has 0 aromatic heterocycles. The maximum atomic E-state index is 12.5. The summed E-state index contributed by atoms with van der Waals surface area (Å²) in [6, 6.07) is 31.7. The van der Waals surface area contributed by atoms with Crippen LogP contribution in [0.4, 0.5) is 0 Å². The fraction of sp³-hybridized carbons (Fsp3) is 0.0690. The molecule has 4 aromatic rings. The lowest BCUT2D eigenvalue weighted by atomic mass is 10.0. The van der Waals surface area contributed by atoms with E-state index in [-0.39, 0.29) is 6.79 Å². The highest BCUT2D eigenvalue weighted by Crippen LogP contribution is 2.34. The summed E-state index contributed by atoms with van der Waals surface area (Å²) >= 11 is 0. The second-order valence-electron chi connectivity index (χ2n) is 7.49. The van der Waals surface area contributed by atoms with Gasteiger partial charge < -0.3 is 14.2 Å². The Hall–Kier alpha value is -4.31. The van der Waals surface area contributed by atoms with Gasteiger partial charge in [-0.1, -0.05) is 72.8 Å². The lowest BCUT2D eigenvalue weighted by Gasteiger charge is -2.14. The molecule has 0 radical (unpaired) electrons. The first-order chi connectivity index (χ1) is 16.1. The summed E-state index contributed by atoms with van der Waals surface area (Å²) in [6.45, 7) is 5.94. The number of rotatable bonds is 8. The van der Waals surface area contributed by atoms with Crippen LogP contribution in [0.1, 0.15) is 22.8 Å². The van der Waals surface area contributed by atoms with Crippen LogP contribution in [0.25, 0.3) is 16.7 Å². The van der Waals surface area contributed by atoms with Crippen molar-refractivity contribution in [1.29, 1.82) is 0 Å². The molecular weight excluding hydrogens is 412 g/mol. The Labute approximate surface area is 193 Å². The molecule has 0 unspecified atom stereocenters. The number of hydrogen-bond acceptors (Lipinski definition) is 4. The normalized spacial score (nSPS) is 10.3. The summed E-state index contributed by atoms with van der Waals surface area (Å²) in [7, 11) is 0. The van der Waals surface area contributed by atoms with Crippen molar-refractivity contribution in [1.82, 2.24) is 0 Å². The van der Waals surface area contributed by atoms with Crippen molar-refractivity contribution in [3.8, 4) is 28.4 Å². The summed E-state index contributed by atoms with van der Waals surface area (Å²) in [5, 5.41) is 0. The summed E-state index contributed by atoms with van der Waals surface area (Å²) in [5.41, 5.74) is 4.30. The highest BCUT2D eigenvalue weighted by Gasteiger charge is 2.13. The molecule has 0 saturated heterocycles. The topological polar surface area (TPSA) is 44.8 Å². The van der Waals surface area contributed by atoms with E-state index in [2.05, 4.69) is 6.58 Å². The zero-order chi connectivity index (χ0) is 23.0. The Balaban J connectivity index is 1.50. The van der Waals surface area contributed by atoms with Crippen molar-refractivity contribution in [3.05, 3.63) is 121 Å². The van der Waals surface area contributed by atoms with E-state index >= 15 is 0 Å². The van der Waals surface area contributed by atoms with Crippen molar-refractivity contribution < 1.29 is 19.0 Å². The molecule has 0 atom stereocenters. The zero-order valence-electron chi connectivity index (χ0n) is 18.4. The molecule has 4 heteroatoms. The van der Waals surface area contributed by atoms with E-state index in [9.17, 15) is 4.79 Å². The van der Waals surface area contributed by atoms with Crippen molar-refractivity contribution in [3.63, 3.8) is 0 Å². The van der Waals surface area contributed by atoms with E-state index in [1.54, 1.807) is 42.5 Å². The highest BCUT2D eigenvalue weighted by atomic mass is 16.7. The zero-order valence-corrected chi connectivity index (χ0v) is 18.4. The largest absolute Gasteiger partial charge is 0.458 e. The fourth-order valence-electron chi connectivity index (χ4n) is 3.28. The van der Waals surface area contributed by atoms with Gasteiger partial charge in [-0.2, -0.15) is 0 Å². The Kier molecular flexibility index (Phi) is 6.86.